The first-order chi connectivity index (χ1) is 9.99. The molecule has 2 aliphatic rings. The number of nitrogens with zero attached hydrogens (tertiary/aromatic N) is 1. The molecule has 6 nitrogen and oxygen atoms in total. The van der Waals surface area contributed by atoms with Crippen LogP contribution in [0.3, 0.4) is 0 Å². The predicted molar refractivity (Wildman–Crippen MR) is 74.8 cm³/mol. The number of carbonyl (C=O) groups is 1. The second kappa shape index (κ2) is 5.40. The maximum atomic E-state index is 12.1. The Morgan fingerprint density at radius 1 is 1.33 bits per heavy atom. The molecule has 21 heavy (non-hydrogen) atoms. The molecule has 0 aliphatic carbocycles. The van der Waals surface area contributed by atoms with E-state index in [0.717, 1.165) is 5.56 Å². The Kier molecular flexibility index (Phi) is 3.73. The summed E-state index contributed by atoms with van der Waals surface area (Å²) in [6.07, 6.45) is -0.351. The third kappa shape index (κ3) is 2.68. The maximum Gasteiger partial charge on any atom is 0.334 e. The molecular formula is C14H17NO5S. The molecule has 1 aromatic carbocycles. The Morgan fingerprint density at radius 2 is 2.10 bits per heavy atom. The predicted octanol–water partition coefficient (Wildman–Crippen LogP) is 0.690. The lowest BCUT2D eigenvalue weighted by Crippen LogP contribution is -2.48. The second-order valence-electron chi connectivity index (χ2n) is 5.35. The van der Waals surface area contributed by atoms with Gasteiger partial charge in [0.15, 0.2) is 15.9 Å². The molecule has 0 radical (unpaired) electrons. The lowest BCUT2D eigenvalue weighted by molar-refractivity contribution is -0.157. The van der Waals surface area contributed by atoms with Crippen LogP contribution in [0, 0.1) is 0 Å². The molecule has 2 aliphatic heterocycles. The number of ether oxygens (including phenoxy) is 1. The van der Waals surface area contributed by atoms with Crippen LogP contribution in [-0.2, 0) is 19.4 Å². The molecular weight excluding hydrogens is 294 g/mol. The van der Waals surface area contributed by atoms with Crippen LogP contribution < -0.4 is 0 Å². The van der Waals surface area contributed by atoms with Gasteiger partial charge in [-0.1, -0.05) is 18.2 Å². The van der Waals surface area contributed by atoms with E-state index in [1.165, 1.54) is 0 Å². The van der Waals surface area contributed by atoms with Crippen LogP contribution in [0.2, 0.25) is 0 Å². The molecule has 2 unspecified atom stereocenters. The van der Waals surface area contributed by atoms with Crippen molar-refractivity contribution in [2.45, 2.75) is 23.5 Å². The van der Waals surface area contributed by atoms with E-state index in [4.69, 9.17) is 9.84 Å². The Bertz CT molecular complexity index is 657. The van der Waals surface area contributed by atoms with E-state index < -0.39 is 21.9 Å². The number of carboxylic acid groups (broad SMARTS) is 1. The monoisotopic (exact) mass is 311 g/mol. The average Bonchev–Trinajstić information content (AvgIpc) is 2.47. The summed E-state index contributed by atoms with van der Waals surface area (Å²) in [6, 6.07) is 6.93. The third-order valence-corrected chi connectivity index (χ3v) is 5.90. The van der Waals surface area contributed by atoms with Gasteiger partial charge in [-0.3, -0.25) is 4.90 Å². The van der Waals surface area contributed by atoms with Crippen LogP contribution in [0.5, 0.6) is 0 Å². The molecule has 0 bridgehead atoms. The number of hydrogen-bond acceptors (Lipinski definition) is 5. The number of sulfone groups is 1. The first-order valence-electron chi connectivity index (χ1n) is 6.89. The number of benzene rings is 1. The van der Waals surface area contributed by atoms with Crippen LogP contribution in [0.4, 0.5) is 0 Å². The summed E-state index contributed by atoms with van der Waals surface area (Å²) in [4.78, 5) is 13.5. The van der Waals surface area contributed by atoms with Gasteiger partial charge in [0.25, 0.3) is 0 Å². The van der Waals surface area contributed by atoms with Gasteiger partial charge in [0.2, 0.25) is 0 Å². The van der Waals surface area contributed by atoms with E-state index >= 15 is 0 Å². The summed E-state index contributed by atoms with van der Waals surface area (Å²) in [6.45, 7) is 1.25. The van der Waals surface area contributed by atoms with E-state index in [-0.39, 0.29) is 18.3 Å². The number of rotatable bonds is 2. The molecule has 2 heterocycles. The van der Waals surface area contributed by atoms with Crippen molar-refractivity contribution in [3.63, 3.8) is 0 Å². The van der Waals surface area contributed by atoms with Gasteiger partial charge in [0.05, 0.1) is 17.3 Å². The second-order valence-corrected chi connectivity index (χ2v) is 7.43. The van der Waals surface area contributed by atoms with Crippen LogP contribution >= 0.6 is 0 Å². The lowest BCUT2D eigenvalue weighted by Gasteiger charge is -2.39. The zero-order valence-corrected chi connectivity index (χ0v) is 12.3. The van der Waals surface area contributed by atoms with Gasteiger partial charge in [-0.05, 0) is 18.1 Å². The van der Waals surface area contributed by atoms with E-state index in [2.05, 4.69) is 0 Å². The largest absolute Gasteiger partial charge is 0.479 e. The van der Waals surface area contributed by atoms with Crippen molar-refractivity contribution in [2.75, 3.05) is 25.4 Å². The normalized spacial score (nSPS) is 28.8. The lowest BCUT2D eigenvalue weighted by atomic mass is 10.0. The third-order valence-electron chi connectivity index (χ3n) is 4.09. The quantitative estimate of drug-likeness (QED) is 0.865. The molecule has 1 aromatic rings. The average molecular weight is 311 g/mol. The number of fused-ring (bicyclic) bond motifs is 1. The van der Waals surface area contributed by atoms with Gasteiger partial charge in [-0.25, -0.2) is 13.2 Å². The van der Waals surface area contributed by atoms with Crippen molar-refractivity contribution in [2.24, 2.45) is 0 Å². The fraction of sp³-hybridized carbons (Fsp3) is 0.500. The summed E-state index contributed by atoms with van der Waals surface area (Å²) in [5.74, 6) is -0.875. The van der Waals surface area contributed by atoms with Gasteiger partial charge in [0.1, 0.15) is 0 Å². The number of hydrogen-bond donors (Lipinski definition) is 1. The fourth-order valence-electron chi connectivity index (χ4n) is 3.05. The SMILES string of the molecule is O=C(O)C1CN(C2CCS(=O)(=O)c3ccccc32)CCO1. The standard InChI is InChI=1S/C14H17NO5S/c16-14(17)12-9-15(6-7-20-12)11-5-8-21(18,19)13-4-2-1-3-10(11)13/h1-4,11-12H,5-9H2,(H,16,17). The van der Waals surface area contributed by atoms with Crippen molar-refractivity contribution in [3.05, 3.63) is 29.8 Å². The highest BCUT2D eigenvalue weighted by atomic mass is 32.2. The Hall–Kier alpha value is -1.44. The minimum atomic E-state index is -3.22. The van der Waals surface area contributed by atoms with Crippen LogP contribution in [0.25, 0.3) is 0 Å². The highest BCUT2D eigenvalue weighted by Crippen LogP contribution is 2.36. The van der Waals surface area contributed by atoms with Gasteiger partial charge >= 0.3 is 5.97 Å². The van der Waals surface area contributed by atoms with E-state index in [1.807, 2.05) is 17.0 Å². The van der Waals surface area contributed by atoms with Crippen molar-refractivity contribution >= 4 is 15.8 Å². The van der Waals surface area contributed by atoms with Gasteiger partial charge in [0, 0.05) is 19.1 Å². The Morgan fingerprint density at radius 3 is 2.86 bits per heavy atom. The first kappa shape index (κ1) is 14.5. The molecule has 0 saturated carbocycles. The number of carboxylic acids is 1. The first-order valence-corrected chi connectivity index (χ1v) is 8.54. The molecule has 1 N–H and O–H groups in total. The molecule has 1 saturated heterocycles. The summed E-state index contributed by atoms with van der Waals surface area (Å²) in [5.41, 5.74) is 0.773. The molecule has 0 spiro atoms. The van der Waals surface area contributed by atoms with Crippen molar-refractivity contribution in [1.29, 1.82) is 0 Å². The molecule has 1 fully saturated rings. The minimum absolute atomic E-state index is 0.0597. The van der Waals surface area contributed by atoms with E-state index in [1.54, 1.807) is 12.1 Å². The smallest absolute Gasteiger partial charge is 0.334 e. The van der Waals surface area contributed by atoms with Gasteiger partial charge < -0.3 is 9.84 Å². The number of aliphatic carboxylic acids is 1. The van der Waals surface area contributed by atoms with Crippen LogP contribution in [0.15, 0.2) is 29.2 Å². The summed E-state index contributed by atoms with van der Waals surface area (Å²) in [7, 11) is -3.22. The molecule has 2 atom stereocenters. The minimum Gasteiger partial charge on any atom is -0.479 e. The molecule has 3 rings (SSSR count). The summed E-state index contributed by atoms with van der Waals surface area (Å²) < 4.78 is 29.5. The fourth-order valence-corrected chi connectivity index (χ4v) is 4.65. The van der Waals surface area contributed by atoms with Gasteiger partial charge in [-0.15, -0.1) is 0 Å². The van der Waals surface area contributed by atoms with E-state index in [9.17, 15) is 13.2 Å². The number of morpholine rings is 1. The maximum absolute atomic E-state index is 12.1. The van der Waals surface area contributed by atoms with E-state index in [0.29, 0.717) is 24.5 Å². The summed E-state index contributed by atoms with van der Waals surface area (Å²) in [5, 5.41) is 9.09. The highest BCUT2D eigenvalue weighted by Gasteiger charge is 2.36. The van der Waals surface area contributed by atoms with Crippen LogP contribution in [-0.4, -0.2) is 55.9 Å². The van der Waals surface area contributed by atoms with Crippen molar-refractivity contribution in [1.82, 2.24) is 4.90 Å². The molecule has 0 aromatic heterocycles. The Labute approximate surface area is 123 Å². The molecule has 7 heteroatoms. The zero-order valence-electron chi connectivity index (χ0n) is 11.4. The summed E-state index contributed by atoms with van der Waals surface area (Å²) >= 11 is 0. The highest BCUT2D eigenvalue weighted by molar-refractivity contribution is 7.91. The Balaban J connectivity index is 1.92. The molecule has 114 valence electrons. The van der Waals surface area contributed by atoms with Gasteiger partial charge in [-0.2, -0.15) is 0 Å². The van der Waals surface area contributed by atoms with Crippen LogP contribution in [0.1, 0.15) is 18.0 Å². The topological polar surface area (TPSA) is 83.9 Å². The van der Waals surface area contributed by atoms with Crippen molar-refractivity contribution in [3.8, 4) is 0 Å². The molecule has 0 amide bonds. The van der Waals surface area contributed by atoms with Crippen molar-refractivity contribution < 1.29 is 23.1 Å². The zero-order chi connectivity index (χ0) is 15.0.